The van der Waals surface area contributed by atoms with E-state index in [0.717, 1.165) is 11.3 Å². The van der Waals surface area contributed by atoms with Crippen molar-refractivity contribution >= 4 is 44.6 Å². The summed E-state index contributed by atoms with van der Waals surface area (Å²) < 4.78 is 26.5. The van der Waals surface area contributed by atoms with Crippen LogP contribution in [0.2, 0.25) is 8.67 Å². The van der Waals surface area contributed by atoms with Crippen LogP contribution in [0.3, 0.4) is 0 Å². The quantitative estimate of drug-likeness (QED) is 0.874. The summed E-state index contributed by atoms with van der Waals surface area (Å²) in [5.74, 6) is 0. The molecular formula is C8H12Cl2N2O2S2. The van der Waals surface area contributed by atoms with Gasteiger partial charge in [0.25, 0.3) is 0 Å². The highest BCUT2D eigenvalue weighted by atomic mass is 35.5. The third kappa shape index (κ3) is 3.58. The van der Waals surface area contributed by atoms with E-state index in [1.807, 2.05) is 6.92 Å². The maximum absolute atomic E-state index is 11.8. The van der Waals surface area contributed by atoms with E-state index in [1.54, 1.807) is 0 Å². The summed E-state index contributed by atoms with van der Waals surface area (Å²) >= 11 is 12.5. The molecule has 0 fully saturated rings. The molecule has 0 aliphatic heterocycles. The largest absolute Gasteiger partial charge is 0.327 e. The van der Waals surface area contributed by atoms with E-state index in [4.69, 9.17) is 28.9 Å². The van der Waals surface area contributed by atoms with Crippen LogP contribution in [-0.2, 0) is 10.0 Å². The molecule has 1 unspecified atom stereocenters. The molecule has 0 spiro atoms. The van der Waals surface area contributed by atoms with Crippen LogP contribution in [0, 0.1) is 0 Å². The van der Waals surface area contributed by atoms with Crippen LogP contribution < -0.4 is 10.5 Å². The standard InChI is InChI=1S/C8H12Cl2N2O2S2/c1-2-5(11)4-12-16(13,14)6-3-7(9)15-8(6)10/h3,5,12H,2,4,11H2,1H3. The van der Waals surface area contributed by atoms with Crippen molar-refractivity contribution < 1.29 is 8.42 Å². The van der Waals surface area contributed by atoms with E-state index < -0.39 is 10.0 Å². The third-order valence-electron chi connectivity index (χ3n) is 1.97. The summed E-state index contributed by atoms with van der Waals surface area (Å²) in [5, 5.41) is 0. The summed E-state index contributed by atoms with van der Waals surface area (Å²) in [5.41, 5.74) is 5.62. The van der Waals surface area contributed by atoms with Gasteiger partial charge in [0.2, 0.25) is 10.0 Å². The summed E-state index contributed by atoms with van der Waals surface area (Å²) in [6.45, 7) is 2.07. The summed E-state index contributed by atoms with van der Waals surface area (Å²) in [6, 6.07) is 1.12. The first-order valence-electron chi connectivity index (χ1n) is 4.57. The predicted octanol–water partition coefficient (Wildman–Crippen LogP) is 2.07. The average molecular weight is 303 g/mol. The SMILES string of the molecule is CCC(N)CNS(=O)(=O)c1cc(Cl)sc1Cl. The van der Waals surface area contributed by atoms with Crippen molar-refractivity contribution in [2.75, 3.05) is 6.54 Å². The molecule has 0 aliphatic rings. The monoisotopic (exact) mass is 302 g/mol. The van der Waals surface area contributed by atoms with Crippen molar-refractivity contribution in [2.24, 2.45) is 5.73 Å². The molecule has 3 N–H and O–H groups in total. The van der Waals surface area contributed by atoms with Gasteiger partial charge in [-0.05, 0) is 12.5 Å². The molecule has 1 aromatic heterocycles. The van der Waals surface area contributed by atoms with Gasteiger partial charge in [0.15, 0.2) is 0 Å². The topological polar surface area (TPSA) is 72.2 Å². The first-order valence-corrected chi connectivity index (χ1v) is 7.62. The second kappa shape index (κ2) is 5.66. The fraction of sp³-hybridized carbons (Fsp3) is 0.500. The molecule has 0 aliphatic carbocycles. The number of rotatable bonds is 5. The number of sulfonamides is 1. The minimum absolute atomic E-state index is 0.00692. The van der Waals surface area contributed by atoms with Crippen LogP contribution in [0.1, 0.15) is 13.3 Å². The molecule has 1 rings (SSSR count). The molecule has 4 nitrogen and oxygen atoms in total. The number of hydrogen-bond acceptors (Lipinski definition) is 4. The second-order valence-corrected chi connectivity index (χ2v) is 7.23. The lowest BCUT2D eigenvalue weighted by Crippen LogP contribution is -2.36. The van der Waals surface area contributed by atoms with Crippen LogP contribution in [0.15, 0.2) is 11.0 Å². The van der Waals surface area contributed by atoms with Gasteiger partial charge in [-0.25, -0.2) is 13.1 Å². The van der Waals surface area contributed by atoms with Gasteiger partial charge in [0.1, 0.15) is 9.23 Å². The Morgan fingerprint density at radius 3 is 2.62 bits per heavy atom. The van der Waals surface area contributed by atoms with E-state index >= 15 is 0 Å². The molecule has 92 valence electrons. The predicted molar refractivity (Wildman–Crippen MR) is 67.8 cm³/mol. The first kappa shape index (κ1) is 14.2. The Morgan fingerprint density at radius 2 is 2.19 bits per heavy atom. The Morgan fingerprint density at radius 1 is 1.56 bits per heavy atom. The van der Waals surface area contributed by atoms with Crippen molar-refractivity contribution in [1.29, 1.82) is 0 Å². The van der Waals surface area contributed by atoms with Crippen LogP contribution in [0.25, 0.3) is 0 Å². The van der Waals surface area contributed by atoms with E-state index in [0.29, 0.717) is 10.8 Å². The van der Waals surface area contributed by atoms with Crippen molar-refractivity contribution in [3.8, 4) is 0 Å². The average Bonchev–Trinajstić information content (AvgIpc) is 2.55. The third-order valence-corrected chi connectivity index (χ3v) is 5.15. The number of thiophene rings is 1. The van der Waals surface area contributed by atoms with Crippen molar-refractivity contribution in [3.63, 3.8) is 0 Å². The van der Waals surface area contributed by atoms with Gasteiger partial charge >= 0.3 is 0 Å². The lowest BCUT2D eigenvalue weighted by molar-refractivity contribution is 0.564. The minimum atomic E-state index is -3.61. The molecule has 1 atom stereocenters. The van der Waals surface area contributed by atoms with E-state index in [-0.39, 0.29) is 21.8 Å². The Kier molecular flexibility index (Phi) is 5.03. The van der Waals surface area contributed by atoms with Gasteiger partial charge in [-0.15, -0.1) is 11.3 Å². The normalized spacial score (nSPS) is 14.0. The molecule has 0 bridgehead atoms. The van der Waals surface area contributed by atoms with Crippen LogP contribution in [-0.4, -0.2) is 21.0 Å². The second-order valence-electron chi connectivity index (χ2n) is 3.21. The summed E-state index contributed by atoms with van der Waals surface area (Å²) in [6.07, 6.45) is 0.695. The lowest BCUT2D eigenvalue weighted by atomic mass is 10.2. The van der Waals surface area contributed by atoms with Gasteiger partial charge < -0.3 is 5.73 Å². The number of nitrogens with two attached hydrogens (primary N) is 1. The Bertz CT molecular complexity index is 459. The Balaban J connectivity index is 2.82. The molecule has 1 aromatic rings. The zero-order chi connectivity index (χ0) is 12.3. The number of halogens is 2. The van der Waals surface area contributed by atoms with Crippen molar-refractivity contribution in [3.05, 3.63) is 14.7 Å². The summed E-state index contributed by atoms with van der Waals surface area (Å²) in [7, 11) is -3.61. The van der Waals surface area contributed by atoms with E-state index in [2.05, 4.69) is 4.72 Å². The van der Waals surface area contributed by atoms with Gasteiger partial charge in [-0.2, -0.15) is 0 Å². The van der Waals surface area contributed by atoms with Crippen molar-refractivity contribution in [2.45, 2.75) is 24.3 Å². The van der Waals surface area contributed by atoms with Gasteiger partial charge in [-0.1, -0.05) is 30.1 Å². The van der Waals surface area contributed by atoms with Crippen molar-refractivity contribution in [1.82, 2.24) is 4.72 Å². The van der Waals surface area contributed by atoms with Crippen LogP contribution in [0.4, 0.5) is 0 Å². The van der Waals surface area contributed by atoms with Gasteiger partial charge in [-0.3, -0.25) is 0 Å². The summed E-state index contributed by atoms with van der Waals surface area (Å²) in [4.78, 5) is 0.00692. The highest BCUT2D eigenvalue weighted by molar-refractivity contribution is 7.89. The molecule has 0 saturated heterocycles. The molecule has 8 heteroatoms. The first-order chi connectivity index (χ1) is 7.36. The van der Waals surface area contributed by atoms with E-state index in [9.17, 15) is 8.42 Å². The maximum Gasteiger partial charge on any atom is 0.243 e. The Hall–Kier alpha value is 0.150. The van der Waals surface area contributed by atoms with Crippen LogP contribution >= 0.6 is 34.5 Å². The highest BCUT2D eigenvalue weighted by Crippen LogP contribution is 2.33. The lowest BCUT2D eigenvalue weighted by Gasteiger charge is -2.10. The molecule has 16 heavy (non-hydrogen) atoms. The zero-order valence-electron chi connectivity index (χ0n) is 8.54. The maximum atomic E-state index is 11.8. The fourth-order valence-corrected chi connectivity index (χ4v) is 4.19. The molecule has 1 heterocycles. The number of hydrogen-bond donors (Lipinski definition) is 2. The van der Waals surface area contributed by atoms with E-state index in [1.165, 1.54) is 6.07 Å². The van der Waals surface area contributed by atoms with Gasteiger partial charge in [0.05, 0.1) is 4.34 Å². The fourth-order valence-electron chi connectivity index (χ4n) is 0.947. The molecule has 0 aromatic carbocycles. The molecular weight excluding hydrogens is 291 g/mol. The number of nitrogens with one attached hydrogen (secondary N) is 1. The Labute approximate surface area is 109 Å². The minimum Gasteiger partial charge on any atom is -0.327 e. The van der Waals surface area contributed by atoms with Crippen LogP contribution in [0.5, 0.6) is 0 Å². The zero-order valence-corrected chi connectivity index (χ0v) is 11.7. The smallest absolute Gasteiger partial charge is 0.243 e. The molecule has 0 saturated carbocycles. The highest BCUT2D eigenvalue weighted by Gasteiger charge is 2.21. The molecule has 0 amide bonds. The van der Waals surface area contributed by atoms with Gasteiger partial charge in [0, 0.05) is 12.6 Å². The molecule has 0 radical (unpaired) electrons.